The number of carbonyl (C=O) groups excluding carboxylic acids is 3. The van der Waals surface area contributed by atoms with E-state index >= 15 is 0 Å². The summed E-state index contributed by atoms with van der Waals surface area (Å²) >= 11 is 4.63. The van der Waals surface area contributed by atoms with Crippen LogP contribution in [0.4, 0.5) is 10.7 Å². The number of hydrogen-bond donors (Lipinski definition) is 2. The molecule has 0 saturated carbocycles. The number of anilines is 2. The van der Waals surface area contributed by atoms with E-state index < -0.39 is 12.1 Å². The number of esters is 1. The van der Waals surface area contributed by atoms with Gasteiger partial charge in [0.05, 0.1) is 6.61 Å². The lowest BCUT2D eigenvalue weighted by molar-refractivity contribution is -0.122. The molecule has 1 atom stereocenters. The van der Waals surface area contributed by atoms with Gasteiger partial charge in [0.2, 0.25) is 0 Å². The summed E-state index contributed by atoms with van der Waals surface area (Å²) in [7, 11) is 0. The van der Waals surface area contributed by atoms with Gasteiger partial charge in [-0.2, -0.15) is 0 Å². The summed E-state index contributed by atoms with van der Waals surface area (Å²) in [5, 5.41) is 7.90. The second kappa shape index (κ2) is 12.7. The maximum absolute atomic E-state index is 13.0. The fourth-order valence-corrected chi connectivity index (χ4v) is 4.91. The SMILES string of the molecule is CCOC(=O)c1c(-c2ccc(C)cc2)csc1NC(=O)c1ccc(OC(C)C(=O)Nc2ccc(Br)cc2)cc1. The van der Waals surface area contributed by atoms with Crippen LogP contribution in [0.5, 0.6) is 5.75 Å². The normalized spacial score (nSPS) is 11.4. The molecule has 2 N–H and O–H groups in total. The summed E-state index contributed by atoms with van der Waals surface area (Å²) in [5.74, 6) is -0.739. The molecule has 0 aliphatic heterocycles. The molecule has 0 spiro atoms. The third kappa shape index (κ3) is 7.13. The molecule has 0 radical (unpaired) electrons. The predicted octanol–water partition coefficient (Wildman–Crippen LogP) is 7.32. The highest BCUT2D eigenvalue weighted by Crippen LogP contribution is 2.36. The van der Waals surface area contributed by atoms with Crippen LogP contribution in [0.3, 0.4) is 0 Å². The average Bonchev–Trinajstić information content (AvgIpc) is 3.34. The van der Waals surface area contributed by atoms with Gasteiger partial charge in [-0.1, -0.05) is 45.8 Å². The minimum Gasteiger partial charge on any atom is -0.481 e. The molecule has 0 bridgehead atoms. The van der Waals surface area contributed by atoms with Crippen LogP contribution in [0.2, 0.25) is 0 Å². The topological polar surface area (TPSA) is 93.7 Å². The number of amides is 2. The molecule has 9 heteroatoms. The van der Waals surface area contributed by atoms with Gasteiger partial charge < -0.3 is 20.1 Å². The van der Waals surface area contributed by atoms with Crippen molar-refractivity contribution in [1.82, 2.24) is 0 Å². The Morgan fingerprint density at radius 2 is 1.59 bits per heavy atom. The van der Waals surface area contributed by atoms with Gasteiger partial charge in [-0.3, -0.25) is 9.59 Å². The third-order valence-electron chi connectivity index (χ3n) is 5.77. The molecule has 0 aliphatic carbocycles. The number of aryl methyl sites for hydroxylation is 1. The zero-order valence-corrected chi connectivity index (χ0v) is 24.0. The van der Waals surface area contributed by atoms with Crippen LogP contribution in [0.25, 0.3) is 11.1 Å². The van der Waals surface area contributed by atoms with Crippen molar-refractivity contribution in [2.45, 2.75) is 26.9 Å². The number of rotatable bonds is 9. The minimum atomic E-state index is -0.758. The van der Waals surface area contributed by atoms with Crippen LogP contribution in [0.1, 0.15) is 40.1 Å². The Bertz CT molecular complexity index is 1460. The van der Waals surface area contributed by atoms with E-state index in [1.807, 2.05) is 48.7 Å². The van der Waals surface area contributed by atoms with E-state index in [-0.39, 0.29) is 18.4 Å². The van der Waals surface area contributed by atoms with Crippen molar-refractivity contribution in [3.8, 4) is 16.9 Å². The van der Waals surface area contributed by atoms with Gasteiger partial charge in [-0.15, -0.1) is 11.3 Å². The summed E-state index contributed by atoms with van der Waals surface area (Å²) in [6.45, 7) is 5.60. The molecule has 1 unspecified atom stereocenters. The van der Waals surface area contributed by atoms with Crippen molar-refractivity contribution in [3.05, 3.63) is 99.3 Å². The second-order valence-corrected chi connectivity index (χ2v) is 10.5. The van der Waals surface area contributed by atoms with Crippen molar-refractivity contribution >= 4 is 55.7 Å². The van der Waals surface area contributed by atoms with Crippen LogP contribution >= 0.6 is 27.3 Å². The molecule has 2 amide bonds. The summed E-state index contributed by atoms with van der Waals surface area (Å²) in [4.78, 5) is 38.3. The van der Waals surface area contributed by atoms with Crippen LogP contribution < -0.4 is 15.4 Å². The highest BCUT2D eigenvalue weighted by atomic mass is 79.9. The Labute approximate surface area is 239 Å². The van der Waals surface area contributed by atoms with Crippen molar-refractivity contribution in [2.24, 2.45) is 0 Å². The van der Waals surface area contributed by atoms with Crippen LogP contribution in [-0.4, -0.2) is 30.5 Å². The van der Waals surface area contributed by atoms with Crippen molar-refractivity contribution < 1.29 is 23.9 Å². The second-order valence-electron chi connectivity index (χ2n) is 8.67. The molecule has 0 aliphatic rings. The molecule has 1 heterocycles. The van der Waals surface area contributed by atoms with E-state index in [0.29, 0.717) is 33.1 Å². The highest BCUT2D eigenvalue weighted by Gasteiger charge is 2.23. The van der Waals surface area contributed by atoms with Crippen LogP contribution in [0.15, 0.2) is 82.6 Å². The lowest BCUT2D eigenvalue weighted by Crippen LogP contribution is -2.30. The zero-order valence-electron chi connectivity index (χ0n) is 21.6. The molecule has 0 fully saturated rings. The summed E-state index contributed by atoms with van der Waals surface area (Å²) in [6.07, 6.45) is -0.758. The molecule has 39 heavy (non-hydrogen) atoms. The molecular formula is C30H27BrN2O5S. The highest BCUT2D eigenvalue weighted by molar-refractivity contribution is 9.10. The zero-order chi connectivity index (χ0) is 27.9. The van der Waals surface area contributed by atoms with Gasteiger partial charge in [0.15, 0.2) is 6.10 Å². The first-order valence-electron chi connectivity index (χ1n) is 12.2. The van der Waals surface area contributed by atoms with Crippen molar-refractivity contribution in [3.63, 3.8) is 0 Å². The number of thiophene rings is 1. The maximum Gasteiger partial charge on any atom is 0.341 e. The van der Waals surface area contributed by atoms with Gasteiger partial charge in [0, 0.05) is 26.7 Å². The van der Waals surface area contributed by atoms with E-state index in [4.69, 9.17) is 9.47 Å². The molecule has 4 rings (SSSR count). The summed E-state index contributed by atoms with van der Waals surface area (Å²) in [6, 6.07) is 21.5. The van der Waals surface area contributed by atoms with Gasteiger partial charge in [-0.05, 0) is 74.9 Å². The van der Waals surface area contributed by atoms with Crippen LogP contribution in [-0.2, 0) is 9.53 Å². The van der Waals surface area contributed by atoms with Gasteiger partial charge >= 0.3 is 5.97 Å². The third-order valence-corrected chi connectivity index (χ3v) is 7.19. The average molecular weight is 608 g/mol. The Morgan fingerprint density at radius 3 is 2.23 bits per heavy atom. The molecule has 4 aromatic rings. The Balaban J connectivity index is 1.44. The van der Waals surface area contributed by atoms with Crippen molar-refractivity contribution in [2.75, 3.05) is 17.2 Å². The number of carbonyl (C=O) groups is 3. The fourth-order valence-electron chi connectivity index (χ4n) is 3.70. The van der Waals surface area contributed by atoms with E-state index in [2.05, 4.69) is 26.6 Å². The van der Waals surface area contributed by atoms with Crippen molar-refractivity contribution in [1.29, 1.82) is 0 Å². The quantitative estimate of drug-likeness (QED) is 0.195. The van der Waals surface area contributed by atoms with Gasteiger partial charge in [-0.25, -0.2) is 4.79 Å². The minimum absolute atomic E-state index is 0.219. The predicted molar refractivity (Wildman–Crippen MR) is 158 cm³/mol. The first-order valence-corrected chi connectivity index (χ1v) is 13.9. The summed E-state index contributed by atoms with van der Waals surface area (Å²) in [5.41, 5.74) is 4.02. The standard InChI is InChI=1S/C30H27BrN2O5S/c1-4-37-30(36)26-25(20-7-5-18(2)6-8-20)17-39-29(26)33-28(35)21-9-15-24(16-10-21)38-19(3)27(34)32-23-13-11-22(31)12-14-23/h5-17,19H,4H2,1-3H3,(H,32,34)(H,33,35). The van der Waals surface area contributed by atoms with E-state index in [0.717, 1.165) is 15.6 Å². The smallest absolute Gasteiger partial charge is 0.341 e. The fraction of sp³-hybridized carbons (Fsp3) is 0.167. The number of benzene rings is 3. The first-order chi connectivity index (χ1) is 18.7. The molecule has 3 aromatic carbocycles. The van der Waals surface area contributed by atoms with E-state index in [9.17, 15) is 14.4 Å². The molecule has 0 saturated heterocycles. The van der Waals surface area contributed by atoms with E-state index in [1.54, 1.807) is 50.2 Å². The Morgan fingerprint density at radius 1 is 0.923 bits per heavy atom. The number of halogens is 1. The number of hydrogen-bond acceptors (Lipinski definition) is 6. The monoisotopic (exact) mass is 606 g/mol. The molecule has 1 aromatic heterocycles. The largest absolute Gasteiger partial charge is 0.481 e. The Hall–Kier alpha value is -3.95. The summed E-state index contributed by atoms with van der Waals surface area (Å²) < 4.78 is 11.9. The van der Waals surface area contributed by atoms with Crippen LogP contribution in [0, 0.1) is 6.92 Å². The van der Waals surface area contributed by atoms with Gasteiger partial charge in [0.1, 0.15) is 16.3 Å². The number of ether oxygens (including phenoxy) is 2. The number of nitrogens with one attached hydrogen (secondary N) is 2. The first kappa shape index (κ1) is 28.1. The van der Waals surface area contributed by atoms with Gasteiger partial charge in [0.25, 0.3) is 11.8 Å². The van der Waals surface area contributed by atoms with E-state index in [1.165, 1.54) is 11.3 Å². The Kier molecular flexibility index (Phi) is 9.16. The lowest BCUT2D eigenvalue weighted by Gasteiger charge is -2.15. The molecule has 200 valence electrons. The molecule has 7 nitrogen and oxygen atoms in total. The molecular weight excluding hydrogens is 580 g/mol. The lowest BCUT2D eigenvalue weighted by atomic mass is 10.0. The maximum atomic E-state index is 13.0.